The second kappa shape index (κ2) is 10.7. The topological polar surface area (TPSA) is 110 Å². The lowest BCUT2D eigenvalue weighted by Crippen LogP contribution is -2.38. The van der Waals surface area contributed by atoms with Gasteiger partial charge in [0.05, 0.1) is 19.1 Å². The first-order valence-corrected chi connectivity index (χ1v) is 8.74. The Bertz CT molecular complexity index is 710. The third kappa shape index (κ3) is 9.19. The van der Waals surface area contributed by atoms with Gasteiger partial charge in [-0.15, -0.1) is 0 Å². The molecule has 2 aromatic rings. The number of aromatic hydroxyl groups is 1. The summed E-state index contributed by atoms with van der Waals surface area (Å²) in [7, 11) is 0. The second-order valence-electron chi connectivity index (χ2n) is 7.25. The van der Waals surface area contributed by atoms with Gasteiger partial charge < -0.3 is 25.7 Å². The fourth-order valence-corrected chi connectivity index (χ4v) is 2.23. The summed E-state index contributed by atoms with van der Waals surface area (Å²) in [6.07, 6.45) is -0.541. The standard InChI is InChI=1S/C13H21NO3.C8H8O2/c1-13(2,3)14-7-12(17)9-4-5-11(16)10(6-9)8-15;9-8(10)6-7-4-2-1-3-5-7/h4-6,12,14-17H,7-8H2,1-3H3;1-5H,6H2,(H,9,10)/t12-;/m0./s1. The lowest BCUT2D eigenvalue weighted by atomic mass is 10.0. The van der Waals surface area contributed by atoms with E-state index in [1.807, 2.05) is 39.0 Å². The summed E-state index contributed by atoms with van der Waals surface area (Å²) in [5, 5.41) is 40.0. The zero-order valence-electron chi connectivity index (χ0n) is 16.0. The van der Waals surface area contributed by atoms with E-state index in [9.17, 15) is 15.0 Å². The predicted octanol–water partition coefficient (Wildman–Crippen LogP) is 2.62. The number of aliphatic hydroxyl groups is 2. The Hall–Kier alpha value is -2.41. The number of phenols is 1. The minimum Gasteiger partial charge on any atom is -0.508 e. The molecule has 0 aliphatic rings. The van der Waals surface area contributed by atoms with Crippen LogP contribution in [0.4, 0.5) is 0 Å². The molecule has 6 heteroatoms. The van der Waals surface area contributed by atoms with Crippen LogP contribution < -0.4 is 5.32 Å². The van der Waals surface area contributed by atoms with Crippen molar-refractivity contribution in [2.24, 2.45) is 0 Å². The van der Waals surface area contributed by atoms with Crippen molar-refractivity contribution < 1.29 is 25.2 Å². The Morgan fingerprint density at radius 3 is 2.26 bits per heavy atom. The van der Waals surface area contributed by atoms with E-state index in [-0.39, 0.29) is 24.3 Å². The molecular formula is C21H29NO5. The van der Waals surface area contributed by atoms with Crippen LogP contribution in [0.1, 0.15) is 43.6 Å². The van der Waals surface area contributed by atoms with Gasteiger partial charge in [-0.3, -0.25) is 4.79 Å². The highest BCUT2D eigenvalue weighted by molar-refractivity contribution is 5.70. The SMILES string of the molecule is CC(C)(C)NC[C@H](O)c1ccc(O)c(CO)c1.O=C(O)Cc1ccccc1. The number of aliphatic hydroxyl groups excluding tert-OH is 2. The number of benzene rings is 2. The van der Waals surface area contributed by atoms with E-state index in [4.69, 9.17) is 10.2 Å². The Balaban J connectivity index is 0.000000309. The van der Waals surface area contributed by atoms with Crippen LogP contribution in [-0.4, -0.2) is 38.5 Å². The normalized spacial score (nSPS) is 12.0. The maximum atomic E-state index is 10.2. The van der Waals surface area contributed by atoms with Crippen LogP contribution in [0.2, 0.25) is 0 Å². The van der Waals surface area contributed by atoms with Crippen LogP contribution in [0.25, 0.3) is 0 Å². The number of carboxylic acids is 1. The number of carbonyl (C=O) groups is 1. The van der Waals surface area contributed by atoms with E-state index in [2.05, 4.69) is 5.32 Å². The van der Waals surface area contributed by atoms with Crippen molar-refractivity contribution in [2.45, 2.75) is 45.4 Å². The highest BCUT2D eigenvalue weighted by Gasteiger charge is 2.14. The van der Waals surface area contributed by atoms with Gasteiger partial charge in [0.15, 0.2) is 0 Å². The summed E-state index contributed by atoms with van der Waals surface area (Å²) < 4.78 is 0. The Morgan fingerprint density at radius 1 is 1.11 bits per heavy atom. The molecule has 1 atom stereocenters. The van der Waals surface area contributed by atoms with Gasteiger partial charge in [-0.2, -0.15) is 0 Å². The van der Waals surface area contributed by atoms with Gasteiger partial charge in [0, 0.05) is 17.6 Å². The van der Waals surface area contributed by atoms with E-state index in [0.717, 1.165) is 5.56 Å². The Morgan fingerprint density at radius 2 is 1.74 bits per heavy atom. The van der Waals surface area contributed by atoms with Gasteiger partial charge in [0.2, 0.25) is 0 Å². The summed E-state index contributed by atoms with van der Waals surface area (Å²) >= 11 is 0. The number of rotatable bonds is 6. The molecule has 0 saturated carbocycles. The molecule has 0 heterocycles. The van der Waals surface area contributed by atoms with E-state index in [1.165, 1.54) is 6.07 Å². The van der Waals surface area contributed by atoms with Crippen LogP contribution in [-0.2, 0) is 17.8 Å². The molecular weight excluding hydrogens is 346 g/mol. The van der Waals surface area contributed by atoms with Gasteiger partial charge in [-0.25, -0.2) is 0 Å². The average molecular weight is 375 g/mol. The van der Waals surface area contributed by atoms with Crippen molar-refractivity contribution in [1.82, 2.24) is 5.32 Å². The Kier molecular flexibility index (Phi) is 8.94. The first kappa shape index (κ1) is 22.6. The molecule has 0 spiro atoms. The van der Waals surface area contributed by atoms with Gasteiger partial charge >= 0.3 is 5.97 Å². The molecule has 148 valence electrons. The predicted molar refractivity (Wildman–Crippen MR) is 105 cm³/mol. The highest BCUT2D eigenvalue weighted by Crippen LogP contribution is 2.22. The molecule has 0 aliphatic heterocycles. The van der Waals surface area contributed by atoms with Crippen LogP contribution in [0.3, 0.4) is 0 Å². The van der Waals surface area contributed by atoms with E-state index in [1.54, 1.807) is 24.3 Å². The van der Waals surface area contributed by atoms with Crippen molar-refractivity contribution in [3.05, 3.63) is 65.2 Å². The first-order chi connectivity index (χ1) is 12.6. The summed E-state index contributed by atoms with van der Waals surface area (Å²) in [5.74, 6) is -0.738. The van der Waals surface area contributed by atoms with Crippen molar-refractivity contribution in [1.29, 1.82) is 0 Å². The van der Waals surface area contributed by atoms with Crippen LogP contribution >= 0.6 is 0 Å². The van der Waals surface area contributed by atoms with Crippen molar-refractivity contribution >= 4 is 5.97 Å². The molecule has 0 fully saturated rings. The summed E-state index contributed by atoms with van der Waals surface area (Å²) in [4.78, 5) is 10.2. The van der Waals surface area contributed by atoms with Gasteiger partial charge in [0.25, 0.3) is 0 Å². The monoisotopic (exact) mass is 375 g/mol. The largest absolute Gasteiger partial charge is 0.508 e. The minimum atomic E-state index is -0.786. The molecule has 0 aromatic heterocycles. The fraction of sp³-hybridized carbons (Fsp3) is 0.381. The minimum absolute atomic E-state index is 0.0484. The van der Waals surface area contributed by atoms with E-state index < -0.39 is 12.1 Å². The third-order valence-corrected chi connectivity index (χ3v) is 3.68. The lowest BCUT2D eigenvalue weighted by molar-refractivity contribution is -0.136. The maximum Gasteiger partial charge on any atom is 0.307 e. The Labute approximate surface area is 160 Å². The quantitative estimate of drug-likeness (QED) is 0.531. The molecule has 6 nitrogen and oxygen atoms in total. The second-order valence-corrected chi connectivity index (χ2v) is 7.25. The molecule has 0 unspecified atom stereocenters. The van der Waals surface area contributed by atoms with Gasteiger partial charge in [-0.1, -0.05) is 36.4 Å². The number of aliphatic carboxylic acids is 1. The fourth-order valence-electron chi connectivity index (χ4n) is 2.23. The maximum absolute atomic E-state index is 10.2. The highest BCUT2D eigenvalue weighted by atomic mass is 16.4. The average Bonchev–Trinajstić information content (AvgIpc) is 2.60. The third-order valence-electron chi connectivity index (χ3n) is 3.68. The summed E-state index contributed by atoms with van der Waals surface area (Å²) in [5.41, 5.74) is 1.90. The number of carboxylic acid groups (broad SMARTS) is 1. The molecule has 2 rings (SSSR count). The van der Waals surface area contributed by atoms with Crippen LogP contribution in [0, 0.1) is 0 Å². The smallest absolute Gasteiger partial charge is 0.307 e. The molecule has 2 aromatic carbocycles. The van der Waals surface area contributed by atoms with Gasteiger partial charge in [-0.05, 0) is 44.0 Å². The number of hydrogen-bond donors (Lipinski definition) is 5. The summed E-state index contributed by atoms with van der Waals surface area (Å²) in [6.45, 7) is 6.26. The molecule has 0 saturated heterocycles. The molecule has 0 bridgehead atoms. The number of nitrogens with one attached hydrogen (secondary N) is 1. The summed E-state index contributed by atoms with van der Waals surface area (Å²) in [6, 6.07) is 13.9. The van der Waals surface area contributed by atoms with Crippen LogP contribution in [0.5, 0.6) is 5.75 Å². The molecule has 0 amide bonds. The zero-order valence-corrected chi connectivity index (χ0v) is 16.0. The van der Waals surface area contributed by atoms with Crippen molar-refractivity contribution in [3.63, 3.8) is 0 Å². The van der Waals surface area contributed by atoms with E-state index in [0.29, 0.717) is 17.7 Å². The van der Waals surface area contributed by atoms with Crippen molar-refractivity contribution in [3.8, 4) is 5.75 Å². The number of β-amino-alcohol motifs (C(OH)–C–C–N with tert-alkyl or cyclic N) is 1. The number of hydrogen-bond acceptors (Lipinski definition) is 5. The molecule has 0 radical (unpaired) electrons. The molecule has 27 heavy (non-hydrogen) atoms. The zero-order chi connectivity index (χ0) is 20.4. The lowest BCUT2D eigenvalue weighted by Gasteiger charge is -2.23. The molecule has 0 aliphatic carbocycles. The van der Waals surface area contributed by atoms with Crippen molar-refractivity contribution in [2.75, 3.05) is 6.54 Å². The van der Waals surface area contributed by atoms with Crippen LogP contribution in [0.15, 0.2) is 48.5 Å². The van der Waals surface area contributed by atoms with E-state index >= 15 is 0 Å². The van der Waals surface area contributed by atoms with Gasteiger partial charge in [0.1, 0.15) is 5.75 Å². The first-order valence-electron chi connectivity index (χ1n) is 8.74. The molecule has 5 N–H and O–H groups in total.